The topological polar surface area (TPSA) is 70.8 Å². The van der Waals surface area contributed by atoms with Crippen molar-refractivity contribution in [2.24, 2.45) is 0 Å². The van der Waals surface area contributed by atoms with Crippen LogP contribution in [-0.2, 0) is 0 Å². The predicted molar refractivity (Wildman–Crippen MR) is 72.8 cm³/mol. The van der Waals surface area contributed by atoms with Gasteiger partial charge in [0.15, 0.2) is 12.4 Å². The molecule has 0 aliphatic carbocycles. The molecule has 22 heavy (non-hydrogen) atoms. The lowest BCUT2D eigenvalue weighted by molar-refractivity contribution is -0.153. The Morgan fingerprint density at radius 2 is 2.14 bits per heavy atom. The molecule has 0 amide bonds. The number of hydrogen-bond donors (Lipinski definition) is 1. The Labute approximate surface area is 124 Å². The average Bonchev–Trinajstić information content (AvgIpc) is 2.46. The summed E-state index contributed by atoms with van der Waals surface area (Å²) in [6.45, 7) is 0.285. The zero-order valence-electron chi connectivity index (χ0n) is 11.5. The molecule has 1 aromatic heterocycles. The summed E-state index contributed by atoms with van der Waals surface area (Å²) < 4.78 is 41.1. The minimum absolute atomic E-state index is 0.145. The summed E-state index contributed by atoms with van der Waals surface area (Å²) >= 11 is 0. The van der Waals surface area contributed by atoms with Gasteiger partial charge in [0.05, 0.1) is 6.20 Å². The molecule has 1 heterocycles. The number of halogens is 3. The highest BCUT2D eigenvalue weighted by Crippen LogP contribution is 2.26. The largest absolute Gasteiger partial charge is 0.484 e. The maximum absolute atomic E-state index is 12.1. The SMILES string of the molecule is Cc1cc(Nc2ncncc2C#N)ccc1OCC(F)(F)F. The Kier molecular flexibility index (Phi) is 4.46. The number of anilines is 2. The number of nitrogens with zero attached hydrogens (tertiary/aromatic N) is 3. The van der Waals surface area contributed by atoms with E-state index < -0.39 is 12.8 Å². The van der Waals surface area contributed by atoms with Crippen molar-refractivity contribution in [2.45, 2.75) is 13.1 Å². The third-order valence-corrected chi connectivity index (χ3v) is 2.66. The van der Waals surface area contributed by atoms with E-state index in [4.69, 9.17) is 10.00 Å². The van der Waals surface area contributed by atoms with Crippen LogP contribution in [0.5, 0.6) is 5.75 Å². The smallest absolute Gasteiger partial charge is 0.422 e. The molecule has 0 aliphatic rings. The van der Waals surface area contributed by atoms with E-state index in [1.807, 2.05) is 6.07 Å². The van der Waals surface area contributed by atoms with Crippen molar-refractivity contribution in [3.8, 4) is 11.8 Å². The lowest BCUT2D eigenvalue weighted by atomic mass is 10.2. The van der Waals surface area contributed by atoms with Crippen LogP contribution < -0.4 is 10.1 Å². The first kappa shape index (κ1) is 15.6. The molecule has 1 aromatic carbocycles. The van der Waals surface area contributed by atoms with Crippen molar-refractivity contribution < 1.29 is 17.9 Å². The second-order valence-electron chi connectivity index (χ2n) is 4.41. The molecule has 114 valence electrons. The third-order valence-electron chi connectivity index (χ3n) is 2.66. The molecule has 0 saturated heterocycles. The van der Waals surface area contributed by atoms with Gasteiger partial charge in [-0.15, -0.1) is 0 Å². The Morgan fingerprint density at radius 1 is 1.36 bits per heavy atom. The summed E-state index contributed by atoms with van der Waals surface area (Å²) in [5, 5.41) is 11.9. The molecule has 0 spiro atoms. The lowest BCUT2D eigenvalue weighted by Crippen LogP contribution is -2.19. The van der Waals surface area contributed by atoms with Gasteiger partial charge in [-0.25, -0.2) is 9.97 Å². The number of nitriles is 1. The summed E-state index contributed by atoms with van der Waals surface area (Å²) in [6, 6.07) is 6.52. The molecular weight excluding hydrogens is 297 g/mol. The third kappa shape index (κ3) is 4.09. The summed E-state index contributed by atoms with van der Waals surface area (Å²) in [5.74, 6) is 0.465. The van der Waals surface area contributed by atoms with Gasteiger partial charge in [0.2, 0.25) is 0 Å². The first-order valence-corrected chi connectivity index (χ1v) is 6.16. The first-order valence-electron chi connectivity index (χ1n) is 6.16. The maximum Gasteiger partial charge on any atom is 0.422 e. The Bertz CT molecular complexity index is 710. The molecule has 0 atom stereocenters. The molecule has 0 fully saturated rings. The van der Waals surface area contributed by atoms with Crippen molar-refractivity contribution in [1.82, 2.24) is 9.97 Å². The second-order valence-corrected chi connectivity index (χ2v) is 4.41. The molecule has 0 saturated carbocycles. The summed E-state index contributed by atoms with van der Waals surface area (Å²) in [7, 11) is 0. The van der Waals surface area contributed by atoms with Crippen LogP contribution >= 0.6 is 0 Å². The standard InChI is InChI=1S/C14H11F3N4O/c1-9-4-11(2-3-12(9)22-7-14(15,16)17)21-13-10(5-18)6-19-8-20-13/h2-4,6,8H,7H2,1H3,(H,19,20,21). The molecule has 0 bridgehead atoms. The maximum atomic E-state index is 12.1. The van der Waals surface area contributed by atoms with E-state index in [9.17, 15) is 13.2 Å². The number of aryl methyl sites for hydroxylation is 1. The number of aromatic nitrogens is 2. The number of rotatable bonds is 4. The van der Waals surface area contributed by atoms with Crippen molar-refractivity contribution in [2.75, 3.05) is 11.9 Å². The number of alkyl halides is 3. The Balaban J connectivity index is 2.14. The zero-order valence-corrected chi connectivity index (χ0v) is 11.5. The van der Waals surface area contributed by atoms with E-state index in [1.165, 1.54) is 18.6 Å². The van der Waals surface area contributed by atoms with E-state index in [0.29, 0.717) is 17.1 Å². The number of hydrogen-bond acceptors (Lipinski definition) is 5. The van der Waals surface area contributed by atoms with Crippen LogP contribution in [0.25, 0.3) is 0 Å². The van der Waals surface area contributed by atoms with Gasteiger partial charge < -0.3 is 10.1 Å². The van der Waals surface area contributed by atoms with Crippen LogP contribution in [-0.4, -0.2) is 22.8 Å². The van der Waals surface area contributed by atoms with Crippen LogP contribution in [0.1, 0.15) is 11.1 Å². The summed E-state index contributed by atoms with van der Waals surface area (Å²) in [6.07, 6.45) is -1.73. The molecule has 5 nitrogen and oxygen atoms in total. The Hall–Kier alpha value is -2.82. The lowest BCUT2D eigenvalue weighted by Gasteiger charge is -2.13. The van der Waals surface area contributed by atoms with Crippen molar-refractivity contribution in [1.29, 1.82) is 5.26 Å². The van der Waals surface area contributed by atoms with Crippen molar-refractivity contribution in [3.63, 3.8) is 0 Å². The fourth-order valence-corrected chi connectivity index (χ4v) is 1.70. The molecular formula is C14H11F3N4O. The highest BCUT2D eigenvalue weighted by atomic mass is 19.4. The normalized spacial score (nSPS) is 10.9. The van der Waals surface area contributed by atoms with Gasteiger partial charge in [-0.1, -0.05) is 0 Å². The quantitative estimate of drug-likeness (QED) is 0.938. The summed E-state index contributed by atoms with van der Waals surface area (Å²) in [5.41, 5.74) is 1.37. The molecule has 2 rings (SSSR count). The second kappa shape index (κ2) is 6.30. The van der Waals surface area contributed by atoms with Gasteiger partial charge in [-0.05, 0) is 30.7 Å². The van der Waals surface area contributed by atoms with E-state index >= 15 is 0 Å². The van der Waals surface area contributed by atoms with Gasteiger partial charge in [0.1, 0.15) is 23.7 Å². The monoisotopic (exact) mass is 308 g/mol. The first-order chi connectivity index (χ1) is 10.4. The number of benzene rings is 1. The van der Waals surface area contributed by atoms with E-state index in [2.05, 4.69) is 15.3 Å². The van der Waals surface area contributed by atoms with E-state index in [-0.39, 0.29) is 11.3 Å². The van der Waals surface area contributed by atoms with Crippen molar-refractivity contribution >= 4 is 11.5 Å². The van der Waals surface area contributed by atoms with E-state index in [0.717, 1.165) is 0 Å². The van der Waals surface area contributed by atoms with Gasteiger partial charge >= 0.3 is 6.18 Å². The number of ether oxygens (including phenoxy) is 1. The molecule has 0 radical (unpaired) electrons. The molecule has 2 aromatic rings. The van der Waals surface area contributed by atoms with Gasteiger partial charge in [0, 0.05) is 5.69 Å². The summed E-state index contributed by atoms with van der Waals surface area (Å²) in [4.78, 5) is 7.68. The highest BCUT2D eigenvalue weighted by molar-refractivity contribution is 5.63. The fourth-order valence-electron chi connectivity index (χ4n) is 1.70. The molecule has 0 aliphatic heterocycles. The van der Waals surface area contributed by atoms with Crippen LogP contribution in [0.15, 0.2) is 30.7 Å². The molecule has 8 heteroatoms. The van der Waals surface area contributed by atoms with Crippen molar-refractivity contribution in [3.05, 3.63) is 41.9 Å². The van der Waals surface area contributed by atoms with Crippen LogP contribution in [0.2, 0.25) is 0 Å². The van der Waals surface area contributed by atoms with Crippen LogP contribution in [0.4, 0.5) is 24.7 Å². The van der Waals surface area contributed by atoms with Gasteiger partial charge in [-0.2, -0.15) is 18.4 Å². The average molecular weight is 308 g/mol. The molecule has 0 unspecified atom stereocenters. The fraction of sp³-hybridized carbons (Fsp3) is 0.214. The minimum atomic E-state index is -4.38. The van der Waals surface area contributed by atoms with Gasteiger partial charge in [0.25, 0.3) is 0 Å². The van der Waals surface area contributed by atoms with Crippen LogP contribution in [0, 0.1) is 18.3 Å². The number of nitrogens with one attached hydrogen (secondary N) is 1. The molecule has 1 N–H and O–H groups in total. The predicted octanol–water partition coefficient (Wildman–Crippen LogP) is 3.34. The zero-order chi connectivity index (χ0) is 16.2. The minimum Gasteiger partial charge on any atom is -0.484 e. The highest BCUT2D eigenvalue weighted by Gasteiger charge is 2.28. The Morgan fingerprint density at radius 3 is 2.77 bits per heavy atom. The van der Waals surface area contributed by atoms with E-state index in [1.54, 1.807) is 19.1 Å². The van der Waals surface area contributed by atoms with Gasteiger partial charge in [-0.3, -0.25) is 0 Å². The van der Waals surface area contributed by atoms with Crippen LogP contribution in [0.3, 0.4) is 0 Å².